The van der Waals surface area contributed by atoms with Crippen LogP contribution in [0.4, 0.5) is 0 Å². The first-order valence-corrected chi connectivity index (χ1v) is 10.5. The molecule has 0 atom stereocenters. The van der Waals surface area contributed by atoms with Crippen LogP contribution in [0.15, 0.2) is 71.2 Å². The summed E-state index contributed by atoms with van der Waals surface area (Å²) in [7, 11) is -4.05. The molecule has 2 aromatic rings. The third-order valence-electron chi connectivity index (χ3n) is 3.99. The first-order chi connectivity index (χ1) is 13.7. The van der Waals surface area contributed by atoms with Gasteiger partial charge in [0.25, 0.3) is 15.9 Å². The number of esters is 1. The highest BCUT2D eigenvalue weighted by molar-refractivity contribution is 7.90. The Bertz CT molecular complexity index is 1050. The number of carbonyl (C=O) groups is 2. The van der Waals surface area contributed by atoms with Gasteiger partial charge in [0.1, 0.15) is 0 Å². The van der Waals surface area contributed by atoms with E-state index in [1.54, 1.807) is 25.1 Å². The smallest absolute Gasteiger partial charge is 0.338 e. The highest BCUT2D eigenvalue weighted by atomic mass is 32.2. The molecule has 0 radical (unpaired) electrons. The molecule has 0 spiro atoms. The van der Waals surface area contributed by atoms with Crippen LogP contribution in [0.5, 0.6) is 0 Å². The van der Waals surface area contributed by atoms with E-state index >= 15 is 0 Å². The third kappa shape index (κ3) is 6.43. The number of hydrogen-bond acceptors (Lipinski definition) is 5. The number of hydrogen-bond donors (Lipinski definition) is 1. The van der Waals surface area contributed by atoms with E-state index in [4.69, 9.17) is 4.74 Å². The minimum absolute atomic E-state index is 0.0435. The summed E-state index contributed by atoms with van der Waals surface area (Å²) in [4.78, 5) is 24.4. The molecule has 0 aliphatic rings. The lowest BCUT2D eigenvalue weighted by Crippen LogP contribution is -2.29. The minimum atomic E-state index is -4.05. The van der Waals surface area contributed by atoms with Gasteiger partial charge in [-0.25, -0.2) is 17.9 Å². The van der Waals surface area contributed by atoms with Crippen LogP contribution in [0.25, 0.3) is 6.08 Å². The maximum Gasteiger partial charge on any atom is 0.338 e. The van der Waals surface area contributed by atoms with E-state index in [-0.39, 0.29) is 17.1 Å². The lowest BCUT2D eigenvalue weighted by atomic mass is 10.1. The van der Waals surface area contributed by atoms with Crippen LogP contribution in [0.3, 0.4) is 0 Å². The van der Waals surface area contributed by atoms with E-state index in [1.807, 2.05) is 42.8 Å². The van der Waals surface area contributed by atoms with E-state index < -0.39 is 21.9 Å². The summed E-state index contributed by atoms with van der Waals surface area (Å²) in [6, 6.07) is 13.6. The van der Waals surface area contributed by atoms with Crippen LogP contribution >= 0.6 is 0 Å². The van der Waals surface area contributed by atoms with Crippen molar-refractivity contribution in [1.82, 2.24) is 4.72 Å². The number of sulfonamides is 1. The fourth-order valence-corrected chi connectivity index (χ4v) is 3.36. The van der Waals surface area contributed by atoms with Crippen molar-refractivity contribution in [2.24, 2.45) is 0 Å². The van der Waals surface area contributed by atoms with Gasteiger partial charge in [0.05, 0.1) is 17.1 Å². The van der Waals surface area contributed by atoms with Crippen molar-refractivity contribution in [1.29, 1.82) is 0 Å². The van der Waals surface area contributed by atoms with Gasteiger partial charge in [-0.3, -0.25) is 4.79 Å². The van der Waals surface area contributed by atoms with Gasteiger partial charge in [-0.05, 0) is 50.1 Å². The molecule has 0 saturated carbocycles. The van der Waals surface area contributed by atoms with Gasteiger partial charge >= 0.3 is 5.97 Å². The molecule has 0 aromatic heterocycles. The number of amides is 1. The molecule has 29 heavy (non-hydrogen) atoms. The molecule has 6 nitrogen and oxygen atoms in total. The van der Waals surface area contributed by atoms with Gasteiger partial charge in [0, 0.05) is 6.08 Å². The quantitative estimate of drug-likeness (QED) is 0.427. The number of carbonyl (C=O) groups excluding carboxylic acids is 2. The van der Waals surface area contributed by atoms with Crippen LogP contribution in [-0.2, 0) is 24.3 Å². The zero-order valence-electron chi connectivity index (χ0n) is 16.5. The van der Waals surface area contributed by atoms with Gasteiger partial charge in [-0.2, -0.15) is 0 Å². The Morgan fingerprint density at radius 3 is 2.31 bits per heavy atom. The minimum Gasteiger partial charge on any atom is -0.462 e. The maximum absolute atomic E-state index is 12.4. The highest BCUT2D eigenvalue weighted by Crippen LogP contribution is 2.13. The molecule has 7 heteroatoms. The Hall–Kier alpha value is -3.19. The van der Waals surface area contributed by atoms with Crippen molar-refractivity contribution in [2.45, 2.75) is 25.7 Å². The lowest BCUT2D eigenvalue weighted by Gasteiger charge is -2.07. The van der Waals surface area contributed by atoms with Crippen molar-refractivity contribution < 1.29 is 22.7 Å². The van der Waals surface area contributed by atoms with Crippen molar-refractivity contribution in [3.8, 4) is 0 Å². The Morgan fingerprint density at radius 2 is 1.69 bits per heavy atom. The molecule has 0 heterocycles. The third-order valence-corrected chi connectivity index (χ3v) is 5.36. The molecule has 2 rings (SSSR count). The van der Waals surface area contributed by atoms with Gasteiger partial charge in [-0.1, -0.05) is 48.0 Å². The topological polar surface area (TPSA) is 89.5 Å². The molecule has 0 bridgehead atoms. The van der Waals surface area contributed by atoms with E-state index in [1.165, 1.54) is 18.2 Å². The van der Waals surface area contributed by atoms with Gasteiger partial charge in [0.15, 0.2) is 0 Å². The average Bonchev–Trinajstić information content (AvgIpc) is 2.66. The van der Waals surface area contributed by atoms with Crippen molar-refractivity contribution >= 4 is 28.0 Å². The van der Waals surface area contributed by atoms with Crippen LogP contribution in [0.2, 0.25) is 0 Å². The second kappa shape index (κ2) is 9.84. The molecule has 2 aromatic carbocycles. The van der Waals surface area contributed by atoms with E-state index in [2.05, 4.69) is 0 Å². The van der Waals surface area contributed by atoms with Crippen molar-refractivity contribution in [2.75, 3.05) is 6.61 Å². The SMILES string of the molecule is CCOC(=O)C(=C\C(=O)NS(=O)(=O)c1ccc(C)cc1)/C=C/c1ccccc1C. The lowest BCUT2D eigenvalue weighted by molar-refractivity contribution is -0.138. The Morgan fingerprint density at radius 1 is 1.03 bits per heavy atom. The van der Waals surface area contributed by atoms with E-state index in [0.29, 0.717) is 0 Å². The zero-order valence-corrected chi connectivity index (χ0v) is 17.3. The summed E-state index contributed by atoms with van der Waals surface area (Å²) >= 11 is 0. The number of rotatable bonds is 7. The largest absolute Gasteiger partial charge is 0.462 e. The summed E-state index contributed by atoms with van der Waals surface area (Å²) in [6.07, 6.45) is 4.01. The molecule has 0 unspecified atom stereocenters. The Balaban J connectivity index is 2.27. The molecule has 152 valence electrons. The second-order valence-electron chi connectivity index (χ2n) is 6.29. The van der Waals surface area contributed by atoms with Crippen molar-refractivity contribution in [3.63, 3.8) is 0 Å². The first-order valence-electron chi connectivity index (χ1n) is 8.99. The van der Waals surface area contributed by atoms with Crippen LogP contribution < -0.4 is 4.72 Å². The van der Waals surface area contributed by atoms with Crippen LogP contribution in [0, 0.1) is 13.8 Å². The molecular formula is C22H23NO5S. The Kier molecular flexibility index (Phi) is 7.50. The molecule has 1 N–H and O–H groups in total. The molecule has 1 amide bonds. The summed E-state index contributed by atoms with van der Waals surface area (Å²) in [5.41, 5.74) is 2.67. The molecule has 0 saturated heterocycles. The first kappa shape index (κ1) is 22.1. The average molecular weight is 413 g/mol. The van der Waals surface area contributed by atoms with Crippen LogP contribution in [-0.4, -0.2) is 26.9 Å². The monoisotopic (exact) mass is 413 g/mol. The van der Waals surface area contributed by atoms with Crippen LogP contribution in [0.1, 0.15) is 23.6 Å². The predicted molar refractivity (Wildman–Crippen MR) is 111 cm³/mol. The number of ether oxygens (including phenoxy) is 1. The summed E-state index contributed by atoms with van der Waals surface area (Å²) in [5.74, 6) is -1.66. The predicted octanol–water partition coefficient (Wildman–Crippen LogP) is 3.31. The highest BCUT2D eigenvalue weighted by Gasteiger charge is 2.18. The number of benzene rings is 2. The van der Waals surface area contributed by atoms with Gasteiger partial charge in [-0.15, -0.1) is 0 Å². The summed E-state index contributed by atoms with van der Waals surface area (Å²) in [5, 5.41) is 0. The standard InChI is InChI=1S/C22H23NO5S/c1-4-28-22(25)19(12-11-18-8-6-5-7-17(18)3)15-21(24)23-29(26,27)20-13-9-16(2)10-14-20/h5-15H,4H2,1-3H3,(H,23,24)/b12-11+,19-15-. The van der Waals surface area contributed by atoms with Crippen molar-refractivity contribution in [3.05, 3.63) is 82.9 Å². The number of nitrogens with one attached hydrogen (secondary N) is 1. The Labute approximate surface area is 171 Å². The van der Waals surface area contributed by atoms with E-state index in [9.17, 15) is 18.0 Å². The van der Waals surface area contributed by atoms with Gasteiger partial charge < -0.3 is 4.74 Å². The summed E-state index contributed by atoms with van der Waals surface area (Å²) in [6.45, 7) is 5.50. The molecular weight excluding hydrogens is 390 g/mol. The number of aryl methyl sites for hydroxylation is 2. The fraction of sp³-hybridized carbons (Fsp3) is 0.182. The van der Waals surface area contributed by atoms with E-state index in [0.717, 1.165) is 22.8 Å². The normalized spacial score (nSPS) is 12.0. The second-order valence-corrected chi connectivity index (χ2v) is 7.98. The fourth-order valence-electron chi connectivity index (χ4n) is 2.42. The molecule has 0 aliphatic carbocycles. The zero-order chi connectivity index (χ0) is 21.4. The molecule has 0 aliphatic heterocycles. The molecule has 0 fully saturated rings. The summed E-state index contributed by atoms with van der Waals surface area (Å²) < 4.78 is 31.6. The van der Waals surface area contributed by atoms with Gasteiger partial charge in [0.2, 0.25) is 0 Å². The maximum atomic E-state index is 12.4.